The zero-order valence-electron chi connectivity index (χ0n) is 10.5. The van der Waals surface area contributed by atoms with Crippen LogP contribution in [0, 0.1) is 17.0 Å². The van der Waals surface area contributed by atoms with Gasteiger partial charge in [0.25, 0.3) is 11.6 Å². The molecule has 0 saturated heterocycles. The summed E-state index contributed by atoms with van der Waals surface area (Å²) in [4.78, 5) is 26.0. The zero-order chi connectivity index (χ0) is 14.7. The van der Waals surface area contributed by atoms with Crippen LogP contribution in [0.5, 0.6) is 0 Å². The molecule has 0 fully saturated rings. The highest BCUT2D eigenvalue weighted by Crippen LogP contribution is 2.21. The number of nitro benzene ring substituents is 1. The van der Waals surface area contributed by atoms with Gasteiger partial charge in [0.05, 0.1) is 4.92 Å². The van der Waals surface area contributed by atoms with E-state index < -0.39 is 10.8 Å². The maximum absolute atomic E-state index is 12.0. The van der Waals surface area contributed by atoms with Gasteiger partial charge in [0.15, 0.2) is 0 Å². The molecule has 20 heavy (non-hydrogen) atoms. The second kappa shape index (κ2) is 5.66. The first kappa shape index (κ1) is 14.0. The Morgan fingerprint density at radius 3 is 2.70 bits per heavy atom. The van der Waals surface area contributed by atoms with Gasteiger partial charge in [0, 0.05) is 17.8 Å². The SMILES string of the molecule is Cc1cc([N+](=O)[O-])ccc1NC(=O)c1cccc(Cl)n1. The van der Waals surface area contributed by atoms with Gasteiger partial charge in [-0.25, -0.2) is 4.98 Å². The van der Waals surface area contributed by atoms with E-state index in [0.29, 0.717) is 11.3 Å². The van der Waals surface area contributed by atoms with Gasteiger partial charge < -0.3 is 5.32 Å². The van der Waals surface area contributed by atoms with Crippen LogP contribution >= 0.6 is 11.6 Å². The van der Waals surface area contributed by atoms with E-state index in [1.165, 1.54) is 24.3 Å². The summed E-state index contributed by atoms with van der Waals surface area (Å²) in [5.41, 5.74) is 1.23. The predicted octanol–water partition coefficient (Wildman–Crippen LogP) is 3.20. The molecule has 1 aromatic heterocycles. The van der Waals surface area contributed by atoms with Gasteiger partial charge in [-0.3, -0.25) is 14.9 Å². The molecular formula is C13H10ClN3O3. The van der Waals surface area contributed by atoms with Crippen molar-refractivity contribution in [3.05, 3.63) is 62.9 Å². The predicted molar refractivity (Wildman–Crippen MR) is 75.0 cm³/mol. The van der Waals surface area contributed by atoms with Gasteiger partial charge >= 0.3 is 0 Å². The smallest absolute Gasteiger partial charge is 0.274 e. The second-order valence-corrected chi connectivity index (χ2v) is 4.44. The highest BCUT2D eigenvalue weighted by atomic mass is 35.5. The number of rotatable bonds is 3. The minimum Gasteiger partial charge on any atom is -0.320 e. The Labute approximate surface area is 119 Å². The molecule has 102 valence electrons. The maximum Gasteiger partial charge on any atom is 0.274 e. The van der Waals surface area contributed by atoms with E-state index in [2.05, 4.69) is 10.3 Å². The zero-order valence-corrected chi connectivity index (χ0v) is 11.2. The number of carbonyl (C=O) groups excluding carboxylic acids is 1. The summed E-state index contributed by atoms with van der Waals surface area (Å²) in [6, 6.07) is 8.91. The lowest BCUT2D eigenvalue weighted by Crippen LogP contribution is -2.14. The third kappa shape index (κ3) is 3.10. The first-order valence-electron chi connectivity index (χ1n) is 5.66. The van der Waals surface area contributed by atoms with Crippen LogP contribution in [-0.4, -0.2) is 15.8 Å². The number of aryl methyl sites for hydroxylation is 1. The van der Waals surface area contributed by atoms with E-state index in [4.69, 9.17) is 11.6 Å². The van der Waals surface area contributed by atoms with E-state index in [1.54, 1.807) is 19.1 Å². The van der Waals surface area contributed by atoms with Crippen molar-refractivity contribution in [2.45, 2.75) is 6.92 Å². The van der Waals surface area contributed by atoms with Crippen molar-refractivity contribution in [2.75, 3.05) is 5.32 Å². The van der Waals surface area contributed by atoms with E-state index in [0.717, 1.165) is 0 Å². The lowest BCUT2D eigenvalue weighted by Gasteiger charge is -2.07. The van der Waals surface area contributed by atoms with Crippen molar-refractivity contribution in [2.24, 2.45) is 0 Å². The Balaban J connectivity index is 2.22. The van der Waals surface area contributed by atoms with Crippen LogP contribution in [0.3, 0.4) is 0 Å². The number of halogens is 1. The average Bonchev–Trinajstić information content (AvgIpc) is 2.40. The normalized spacial score (nSPS) is 10.1. The molecule has 0 radical (unpaired) electrons. The van der Waals surface area contributed by atoms with Crippen LogP contribution in [0.2, 0.25) is 5.15 Å². The summed E-state index contributed by atoms with van der Waals surface area (Å²) in [5.74, 6) is -0.426. The van der Waals surface area contributed by atoms with E-state index in [-0.39, 0.29) is 16.5 Å². The van der Waals surface area contributed by atoms with Crippen molar-refractivity contribution in [1.29, 1.82) is 0 Å². The third-order valence-corrected chi connectivity index (χ3v) is 2.83. The lowest BCUT2D eigenvalue weighted by molar-refractivity contribution is -0.384. The molecule has 0 saturated carbocycles. The number of anilines is 1. The molecule has 0 atom stereocenters. The summed E-state index contributed by atoms with van der Waals surface area (Å²) >= 11 is 5.71. The summed E-state index contributed by atoms with van der Waals surface area (Å²) < 4.78 is 0. The van der Waals surface area contributed by atoms with Gasteiger partial charge in [0.2, 0.25) is 0 Å². The number of hydrogen-bond acceptors (Lipinski definition) is 4. The molecule has 1 N–H and O–H groups in total. The third-order valence-electron chi connectivity index (χ3n) is 2.62. The van der Waals surface area contributed by atoms with Crippen molar-refractivity contribution in [3.8, 4) is 0 Å². The maximum atomic E-state index is 12.0. The highest BCUT2D eigenvalue weighted by Gasteiger charge is 2.12. The molecule has 7 heteroatoms. The molecule has 2 aromatic rings. The first-order valence-corrected chi connectivity index (χ1v) is 6.04. The monoisotopic (exact) mass is 291 g/mol. The van der Waals surface area contributed by atoms with E-state index >= 15 is 0 Å². The fourth-order valence-electron chi connectivity index (χ4n) is 1.62. The molecule has 0 spiro atoms. The van der Waals surface area contributed by atoms with Crippen molar-refractivity contribution in [1.82, 2.24) is 4.98 Å². The summed E-state index contributed by atoms with van der Waals surface area (Å²) in [6.07, 6.45) is 0. The molecule has 0 aliphatic carbocycles. The van der Waals surface area contributed by atoms with Crippen LogP contribution in [-0.2, 0) is 0 Å². The molecular weight excluding hydrogens is 282 g/mol. The second-order valence-electron chi connectivity index (χ2n) is 4.06. The number of aromatic nitrogens is 1. The molecule has 1 aromatic carbocycles. The van der Waals surface area contributed by atoms with Gasteiger partial charge in [-0.1, -0.05) is 17.7 Å². The van der Waals surface area contributed by atoms with Crippen LogP contribution in [0.1, 0.15) is 16.1 Å². The Kier molecular flexibility index (Phi) is 3.95. The largest absolute Gasteiger partial charge is 0.320 e. The van der Waals surface area contributed by atoms with Crippen molar-refractivity contribution < 1.29 is 9.72 Å². The summed E-state index contributed by atoms with van der Waals surface area (Å²) in [6.45, 7) is 1.67. The Morgan fingerprint density at radius 2 is 2.10 bits per heavy atom. The molecule has 6 nitrogen and oxygen atoms in total. The van der Waals surface area contributed by atoms with Crippen LogP contribution in [0.15, 0.2) is 36.4 Å². The van der Waals surface area contributed by atoms with E-state index in [1.807, 2.05) is 0 Å². The molecule has 0 bridgehead atoms. The molecule has 0 aliphatic heterocycles. The Morgan fingerprint density at radius 1 is 1.35 bits per heavy atom. The number of nitrogens with one attached hydrogen (secondary N) is 1. The molecule has 2 rings (SSSR count). The summed E-state index contributed by atoms with van der Waals surface area (Å²) in [7, 11) is 0. The van der Waals surface area contributed by atoms with Crippen LogP contribution < -0.4 is 5.32 Å². The van der Waals surface area contributed by atoms with Crippen molar-refractivity contribution >= 4 is 28.9 Å². The number of benzene rings is 1. The number of amides is 1. The fraction of sp³-hybridized carbons (Fsp3) is 0.0769. The first-order chi connectivity index (χ1) is 9.47. The van der Waals surface area contributed by atoms with Gasteiger partial charge in [0.1, 0.15) is 10.8 Å². The molecule has 0 unspecified atom stereocenters. The number of nitrogens with zero attached hydrogens (tertiary/aromatic N) is 2. The Bertz CT molecular complexity index is 688. The number of nitro groups is 1. The van der Waals surface area contributed by atoms with Gasteiger partial charge in [-0.05, 0) is 30.7 Å². The van der Waals surface area contributed by atoms with Crippen molar-refractivity contribution in [3.63, 3.8) is 0 Å². The fourth-order valence-corrected chi connectivity index (χ4v) is 1.79. The van der Waals surface area contributed by atoms with Gasteiger partial charge in [-0.15, -0.1) is 0 Å². The molecule has 1 heterocycles. The quantitative estimate of drug-likeness (QED) is 0.534. The molecule has 1 amide bonds. The lowest BCUT2D eigenvalue weighted by atomic mass is 10.1. The number of pyridine rings is 1. The highest BCUT2D eigenvalue weighted by molar-refractivity contribution is 6.29. The standard InChI is InChI=1S/C13H10ClN3O3/c1-8-7-9(17(19)20)5-6-10(8)16-13(18)11-3-2-4-12(14)15-11/h2-7H,1H3,(H,16,18). The van der Waals surface area contributed by atoms with Crippen LogP contribution in [0.25, 0.3) is 0 Å². The van der Waals surface area contributed by atoms with Gasteiger partial charge in [-0.2, -0.15) is 0 Å². The number of carbonyl (C=O) groups is 1. The minimum atomic E-state index is -0.489. The number of hydrogen-bond donors (Lipinski definition) is 1. The average molecular weight is 292 g/mol. The van der Waals surface area contributed by atoms with Crippen LogP contribution in [0.4, 0.5) is 11.4 Å². The number of non-ortho nitro benzene ring substituents is 1. The summed E-state index contributed by atoms with van der Waals surface area (Å²) in [5, 5.41) is 13.5. The Hall–Kier alpha value is -2.47. The topological polar surface area (TPSA) is 85.1 Å². The molecule has 0 aliphatic rings. The van der Waals surface area contributed by atoms with E-state index in [9.17, 15) is 14.9 Å². The minimum absolute atomic E-state index is 0.0265.